The van der Waals surface area contributed by atoms with Crippen LogP contribution in [-0.2, 0) is 16.1 Å². The zero-order valence-corrected chi connectivity index (χ0v) is 11.2. The van der Waals surface area contributed by atoms with E-state index in [4.69, 9.17) is 13.9 Å². The predicted molar refractivity (Wildman–Crippen MR) is 69.3 cm³/mol. The fraction of sp³-hybridized carbons (Fsp3) is 0.692. The van der Waals surface area contributed by atoms with Gasteiger partial charge in [0, 0.05) is 6.42 Å². The summed E-state index contributed by atoms with van der Waals surface area (Å²) in [5.74, 6) is 0.226. The van der Waals surface area contributed by atoms with E-state index in [2.05, 4.69) is 5.32 Å². The van der Waals surface area contributed by atoms with Crippen molar-refractivity contribution in [2.24, 2.45) is 0 Å². The number of nitrogens with one attached hydrogen (secondary N) is 1. The van der Waals surface area contributed by atoms with E-state index in [1.165, 1.54) is 6.07 Å². The van der Waals surface area contributed by atoms with E-state index < -0.39 is 4.92 Å². The number of rotatable bonds is 4. The lowest BCUT2D eigenvalue weighted by Crippen LogP contribution is -2.41. The highest BCUT2D eigenvalue weighted by Gasteiger charge is 2.41. The van der Waals surface area contributed by atoms with Crippen LogP contribution in [0.15, 0.2) is 16.5 Å². The quantitative estimate of drug-likeness (QED) is 0.667. The van der Waals surface area contributed by atoms with Crippen molar-refractivity contribution in [1.29, 1.82) is 0 Å². The van der Waals surface area contributed by atoms with Crippen LogP contribution in [0, 0.1) is 10.1 Å². The van der Waals surface area contributed by atoms with Crippen molar-refractivity contribution in [2.45, 2.75) is 37.6 Å². The number of nitrogens with zero attached hydrogens (tertiary/aromatic N) is 1. The first kappa shape index (κ1) is 13.5. The van der Waals surface area contributed by atoms with Gasteiger partial charge < -0.3 is 19.2 Å². The molecule has 7 nitrogen and oxygen atoms in total. The zero-order valence-electron chi connectivity index (χ0n) is 11.2. The molecule has 7 heteroatoms. The third kappa shape index (κ3) is 2.84. The molecule has 1 aromatic rings. The Labute approximate surface area is 116 Å². The Kier molecular flexibility index (Phi) is 3.73. The van der Waals surface area contributed by atoms with Crippen molar-refractivity contribution in [1.82, 2.24) is 5.32 Å². The van der Waals surface area contributed by atoms with Gasteiger partial charge in [-0.15, -0.1) is 0 Å². The first-order chi connectivity index (χ1) is 9.67. The number of ether oxygens (including phenoxy) is 2. The first-order valence-corrected chi connectivity index (χ1v) is 6.86. The van der Waals surface area contributed by atoms with E-state index in [0.717, 1.165) is 32.4 Å². The lowest BCUT2D eigenvalue weighted by atomic mass is 9.89. The summed E-state index contributed by atoms with van der Waals surface area (Å²) in [6, 6.07) is 2.92. The smallest absolute Gasteiger partial charge is 0.403 e. The Bertz CT molecular complexity index is 481. The molecule has 2 fully saturated rings. The average Bonchev–Trinajstić information content (AvgIpc) is 3.05. The standard InChI is InChI=1S/C13H18N2O5/c16-15(17)12-2-1-10(20-12)8-18-11-7-13(19-9-11)3-5-14-6-4-13/h1-2,11,14H,3-9H2. The van der Waals surface area contributed by atoms with Crippen molar-refractivity contribution in [2.75, 3.05) is 19.7 Å². The van der Waals surface area contributed by atoms with Gasteiger partial charge in [-0.25, -0.2) is 0 Å². The van der Waals surface area contributed by atoms with E-state index in [1.54, 1.807) is 6.07 Å². The molecule has 20 heavy (non-hydrogen) atoms. The SMILES string of the molecule is O=[N+]([O-])c1ccc(COC2COC3(CCNCC3)C2)o1. The summed E-state index contributed by atoms with van der Waals surface area (Å²) in [4.78, 5) is 9.97. The Hall–Kier alpha value is -1.44. The van der Waals surface area contributed by atoms with E-state index in [-0.39, 0.29) is 24.2 Å². The van der Waals surface area contributed by atoms with Crippen LogP contribution >= 0.6 is 0 Å². The van der Waals surface area contributed by atoms with Gasteiger partial charge in [0.05, 0.1) is 24.4 Å². The van der Waals surface area contributed by atoms with E-state index in [0.29, 0.717) is 12.4 Å². The Morgan fingerprint density at radius 3 is 2.95 bits per heavy atom. The molecule has 0 aromatic carbocycles. The van der Waals surface area contributed by atoms with Gasteiger partial charge in [-0.2, -0.15) is 0 Å². The minimum Gasteiger partial charge on any atom is -0.403 e. The highest BCUT2D eigenvalue weighted by atomic mass is 16.6. The van der Waals surface area contributed by atoms with Crippen molar-refractivity contribution in [3.05, 3.63) is 28.0 Å². The minimum absolute atomic E-state index is 0.0366. The summed E-state index contributed by atoms with van der Waals surface area (Å²) in [7, 11) is 0. The van der Waals surface area contributed by atoms with E-state index in [1.807, 2.05) is 0 Å². The van der Waals surface area contributed by atoms with Gasteiger partial charge in [0.15, 0.2) is 0 Å². The third-order valence-corrected chi connectivity index (χ3v) is 3.98. The van der Waals surface area contributed by atoms with Crippen LogP contribution in [0.4, 0.5) is 5.88 Å². The molecule has 2 aliphatic rings. The summed E-state index contributed by atoms with van der Waals surface area (Å²) in [6.07, 6.45) is 2.95. The van der Waals surface area contributed by atoms with Gasteiger partial charge in [-0.05, 0) is 32.0 Å². The molecule has 0 amide bonds. The number of hydrogen-bond donors (Lipinski definition) is 1. The van der Waals surface area contributed by atoms with Gasteiger partial charge >= 0.3 is 5.88 Å². The third-order valence-electron chi connectivity index (χ3n) is 3.98. The molecule has 0 aliphatic carbocycles. The zero-order chi connectivity index (χ0) is 14.0. The molecular formula is C13H18N2O5. The largest absolute Gasteiger partial charge is 0.433 e. The van der Waals surface area contributed by atoms with Crippen LogP contribution in [0.2, 0.25) is 0 Å². The maximum atomic E-state index is 10.5. The van der Waals surface area contributed by atoms with Crippen molar-refractivity contribution in [3.63, 3.8) is 0 Å². The number of piperidine rings is 1. The van der Waals surface area contributed by atoms with Crippen LogP contribution in [0.25, 0.3) is 0 Å². The lowest BCUT2D eigenvalue weighted by molar-refractivity contribution is -0.402. The van der Waals surface area contributed by atoms with Gasteiger partial charge in [-0.3, -0.25) is 10.1 Å². The number of furan rings is 1. The lowest BCUT2D eigenvalue weighted by Gasteiger charge is -2.32. The van der Waals surface area contributed by atoms with Crippen LogP contribution in [0.1, 0.15) is 25.0 Å². The fourth-order valence-corrected chi connectivity index (χ4v) is 2.88. The molecule has 1 atom stereocenters. The average molecular weight is 282 g/mol. The summed E-state index contributed by atoms with van der Waals surface area (Å²) in [5.41, 5.74) is -0.0366. The normalized spacial score (nSPS) is 25.1. The molecule has 0 radical (unpaired) electrons. The Balaban J connectivity index is 1.50. The van der Waals surface area contributed by atoms with Crippen molar-refractivity contribution < 1.29 is 18.8 Å². The fourth-order valence-electron chi connectivity index (χ4n) is 2.88. The maximum absolute atomic E-state index is 10.5. The van der Waals surface area contributed by atoms with Gasteiger partial charge in [0.25, 0.3) is 0 Å². The molecule has 0 bridgehead atoms. The number of nitro groups is 1. The summed E-state index contributed by atoms with van der Waals surface area (Å²) >= 11 is 0. The van der Waals surface area contributed by atoms with Gasteiger partial charge in [0.1, 0.15) is 17.3 Å². The topological polar surface area (TPSA) is 86.8 Å². The van der Waals surface area contributed by atoms with Gasteiger partial charge in [0.2, 0.25) is 0 Å². The molecule has 110 valence electrons. The summed E-state index contributed by atoms with van der Waals surface area (Å²) < 4.78 is 16.7. The molecule has 1 spiro atoms. The molecule has 2 saturated heterocycles. The predicted octanol–water partition coefficient (Wildman–Crippen LogP) is 1.62. The molecule has 0 saturated carbocycles. The van der Waals surface area contributed by atoms with Crippen LogP contribution < -0.4 is 5.32 Å². The minimum atomic E-state index is -0.549. The molecule has 2 aliphatic heterocycles. The van der Waals surface area contributed by atoms with Crippen LogP contribution in [-0.4, -0.2) is 36.3 Å². The van der Waals surface area contributed by atoms with Gasteiger partial charge in [-0.1, -0.05) is 0 Å². The Morgan fingerprint density at radius 1 is 1.45 bits per heavy atom. The van der Waals surface area contributed by atoms with Crippen LogP contribution in [0.5, 0.6) is 0 Å². The molecule has 3 heterocycles. The highest BCUT2D eigenvalue weighted by Crippen LogP contribution is 2.35. The van der Waals surface area contributed by atoms with E-state index >= 15 is 0 Å². The Morgan fingerprint density at radius 2 is 2.25 bits per heavy atom. The summed E-state index contributed by atoms with van der Waals surface area (Å²) in [6.45, 7) is 2.80. The second-order valence-corrected chi connectivity index (χ2v) is 5.38. The molecule has 1 unspecified atom stereocenters. The van der Waals surface area contributed by atoms with Crippen LogP contribution in [0.3, 0.4) is 0 Å². The highest BCUT2D eigenvalue weighted by molar-refractivity contribution is 5.17. The number of hydrogen-bond acceptors (Lipinski definition) is 6. The molecular weight excluding hydrogens is 264 g/mol. The second-order valence-electron chi connectivity index (χ2n) is 5.38. The summed E-state index contributed by atoms with van der Waals surface area (Å²) in [5, 5.41) is 13.8. The molecule has 1 N–H and O–H groups in total. The van der Waals surface area contributed by atoms with E-state index in [9.17, 15) is 10.1 Å². The maximum Gasteiger partial charge on any atom is 0.433 e. The molecule has 3 rings (SSSR count). The second kappa shape index (κ2) is 5.51. The van der Waals surface area contributed by atoms with Crippen molar-refractivity contribution >= 4 is 5.88 Å². The first-order valence-electron chi connectivity index (χ1n) is 6.86. The molecule has 1 aromatic heterocycles. The monoisotopic (exact) mass is 282 g/mol. The van der Waals surface area contributed by atoms with Crippen molar-refractivity contribution in [3.8, 4) is 0 Å².